The molecular formula is C14H23BrN2S. The van der Waals surface area contributed by atoms with Crippen LogP contribution in [0.15, 0.2) is 15.2 Å². The highest BCUT2D eigenvalue weighted by molar-refractivity contribution is 9.10. The van der Waals surface area contributed by atoms with Crippen LogP contribution < -0.4 is 5.73 Å². The first-order valence-corrected chi connectivity index (χ1v) is 8.49. The monoisotopic (exact) mass is 330 g/mol. The molecule has 1 saturated heterocycles. The zero-order valence-corrected chi connectivity index (χ0v) is 13.7. The molecule has 18 heavy (non-hydrogen) atoms. The lowest BCUT2D eigenvalue weighted by Crippen LogP contribution is -2.51. The van der Waals surface area contributed by atoms with Gasteiger partial charge in [-0.1, -0.05) is 12.8 Å². The lowest BCUT2D eigenvalue weighted by atomic mass is 9.88. The van der Waals surface area contributed by atoms with Crippen molar-refractivity contribution in [3.8, 4) is 0 Å². The van der Waals surface area contributed by atoms with Gasteiger partial charge in [0.2, 0.25) is 0 Å². The van der Waals surface area contributed by atoms with Crippen molar-refractivity contribution in [2.75, 3.05) is 13.1 Å². The van der Waals surface area contributed by atoms with Crippen LogP contribution >= 0.6 is 27.3 Å². The molecular weight excluding hydrogens is 308 g/mol. The van der Waals surface area contributed by atoms with Crippen molar-refractivity contribution >= 4 is 27.3 Å². The first-order valence-electron chi connectivity index (χ1n) is 6.75. The number of rotatable bonds is 3. The van der Waals surface area contributed by atoms with E-state index in [-0.39, 0.29) is 11.6 Å². The summed E-state index contributed by atoms with van der Waals surface area (Å²) in [7, 11) is 0. The van der Waals surface area contributed by atoms with Gasteiger partial charge in [-0.25, -0.2) is 0 Å². The molecule has 0 aliphatic carbocycles. The lowest BCUT2D eigenvalue weighted by Gasteiger charge is -2.42. The van der Waals surface area contributed by atoms with E-state index >= 15 is 0 Å². The van der Waals surface area contributed by atoms with Gasteiger partial charge in [0.25, 0.3) is 0 Å². The molecule has 0 spiro atoms. The smallest absolute Gasteiger partial charge is 0.0496 e. The molecule has 1 fully saturated rings. The van der Waals surface area contributed by atoms with Crippen LogP contribution in [0.1, 0.15) is 51.1 Å². The van der Waals surface area contributed by atoms with E-state index in [0.29, 0.717) is 0 Å². The maximum absolute atomic E-state index is 6.53. The van der Waals surface area contributed by atoms with E-state index in [1.807, 2.05) is 0 Å². The zero-order valence-electron chi connectivity index (χ0n) is 11.3. The van der Waals surface area contributed by atoms with Crippen LogP contribution in [0, 0.1) is 0 Å². The van der Waals surface area contributed by atoms with E-state index in [9.17, 15) is 0 Å². The summed E-state index contributed by atoms with van der Waals surface area (Å²) in [6.45, 7) is 6.94. The van der Waals surface area contributed by atoms with Crippen LogP contribution in [0.3, 0.4) is 0 Å². The fraction of sp³-hybridized carbons (Fsp3) is 0.714. The molecule has 2 N–H and O–H groups in total. The standard InChI is InChI=1S/C14H23BrN2S/c1-14(2,17-7-5-3-4-6-8-17)13(16)11-9-18-10-12(11)15/h9-10,13H,3-8,16H2,1-2H3. The van der Waals surface area contributed by atoms with E-state index in [0.717, 1.165) is 4.47 Å². The molecule has 1 unspecified atom stereocenters. The Balaban J connectivity index is 2.16. The Morgan fingerprint density at radius 1 is 1.22 bits per heavy atom. The van der Waals surface area contributed by atoms with Crippen LogP contribution in [0.5, 0.6) is 0 Å². The number of hydrogen-bond acceptors (Lipinski definition) is 3. The second-order valence-corrected chi connectivity index (χ2v) is 7.31. The predicted octanol–water partition coefficient (Wildman–Crippen LogP) is 4.17. The van der Waals surface area contributed by atoms with Gasteiger partial charge in [-0.2, -0.15) is 11.3 Å². The molecule has 4 heteroatoms. The summed E-state index contributed by atoms with van der Waals surface area (Å²) in [5.41, 5.74) is 7.80. The van der Waals surface area contributed by atoms with Crippen molar-refractivity contribution in [2.24, 2.45) is 5.73 Å². The van der Waals surface area contributed by atoms with Gasteiger partial charge in [-0.3, -0.25) is 4.90 Å². The van der Waals surface area contributed by atoms with E-state index in [4.69, 9.17) is 5.73 Å². The topological polar surface area (TPSA) is 29.3 Å². The Morgan fingerprint density at radius 2 is 1.83 bits per heavy atom. The van der Waals surface area contributed by atoms with Gasteiger partial charge in [0.1, 0.15) is 0 Å². The number of nitrogens with two attached hydrogens (primary N) is 1. The molecule has 0 aromatic carbocycles. The summed E-state index contributed by atoms with van der Waals surface area (Å²) < 4.78 is 1.16. The normalized spacial score (nSPS) is 20.7. The summed E-state index contributed by atoms with van der Waals surface area (Å²) in [5, 5.41) is 4.29. The van der Waals surface area contributed by atoms with Gasteiger partial charge in [0, 0.05) is 21.4 Å². The van der Waals surface area contributed by atoms with Crippen molar-refractivity contribution in [3.05, 3.63) is 20.8 Å². The highest BCUT2D eigenvalue weighted by Crippen LogP contribution is 2.36. The van der Waals surface area contributed by atoms with Crippen LogP contribution in [0.2, 0.25) is 0 Å². The fourth-order valence-corrected chi connectivity index (χ4v) is 4.32. The third-order valence-corrected chi connectivity index (χ3v) is 5.91. The summed E-state index contributed by atoms with van der Waals surface area (Å²) >= 11 is 5.33. The number of halogens is 1. The molecule has 0 bridgehead atoms. The first-order chi connectivity index (χ1) is 8.53. The third kappa shape index (κ3) is 2.98. The molecule has 1 aromatic rings. The molecule has 2 heterocycles. The Labute approximate surface area is 123 Å². The third-order valence-electron chi connectivity index (χ3n) is 4.16. The predicted molar refractivity (Wildman–Crippen MR) is 83.1 cm³/mol. The molecule has 2 rings (SSSR count). The summed E-state index contributed by atoms with van der Waals surface area (Å²) in [6.07, 6.45) is 5.34. The van der Waals surface area contributed by atoms with Gasteiger partial charge in [-0.15, -0.1) is 0 Å². The second-order valence-electron chi connectivity index (χ2n) is 5.71. The minimum atomic E-state index is 0.0218. The van der Waals surface area contributed by atoms with Crippen LogP contribution in [-0.4, -0.2) is 23.5 Å². The highest BCUT2D eigenvalue weighted by Gasteiger charge is 2.35. The van der Waals surface area contributed by atoms with E-state index in [1.54, 1.807) is 11.3 Å². The van der Waals surface area contributed by atoms with Crippen molar-refractivity contribution < 1.29 is 0 Å². The average Bonchev–Trinajstić information content (AvgIpc) is 2.61. The molecule has 1 aliphatic rings. The highest BCUT2D eigenvalue weighted by atomic mass is 79.9. The largest absolute Gasteiger partial charge is 0.322 e. The summed E-state index contributed by atoms with van der Waals surface area (Å²) in [4.78, 5) is 2.58. The summed E-state index contributed by atoms with van der Waals surface area (Å²) in [6, 6.07) is 0.0659. The Hall–Kier alpha value is 0.1000. The molecule has 0 radical (unpaired) electrons. The van der Waals surface area contributed by atoms with Gasteiger partial charge in [0.15, 0.2) is 0 Å². The lowest BCUT2D eigenvalue weighted by molar-refractivity contribution is 0.0979. The zero-order chi connectivity index (χ0) is 13.2. The van der Waals surface area contributed by atoms with E-state index in [1.165, 1.54) is 44.3 Å². The molecule has 1 aromatic heterocycles. The Morgan fingerprint density at radius 3 is 2.33 bits per heavy atom. The SMILES string of the molecule is CC(C)(C(N)c1cscc1Br)N1CCCCCC1. The molecule has 1 atom stereocenters. The van der Waals surface area contributed by atoms with Crippen LogP contribution in [-0.2, 0) is 0 Å². The number of nitrogens with zero attached hydrogens (tertiary/aromatic N) is 1. The summed E-state index contributed by atoms with van der Waals surface area (Å²) in [5.74, 6) is 0. The second kappa shape index (κ2) is 6.04. The van der Waals surface area contributed by atoms with Gasteiger partial charge in [0.05, 0.1) is 0 Å². The van der Waals surface area contributed by atoms with Gasteiger partial charge < -0.3 is 5.73 Å². The molecule has 0 saturated carbocycles. The van der Waals surface area contributed by atoms with Crippen molar-refractivity contribution in [3.63, 3.8) is 0 Å². The van der Waals surface area contributed by atoms with E-state index in [2.05, 4.69) is 45.4 Å². The van der Waals surface area contributed by atoms with Crippen LogP contribution in [0.25, 0.3) is 0 Å². The number of likely N-dealkylation sites (tertiary alicyclic amines) is 1. The Bertz CT molecular complexity index is 381. The van der Waals surface area contributed by atoms with Gasteiger partial charge >= 0.3 is 0 Å². The van der Waals surface area contributed by atoms with Gasteiger partial charge in [-0.05, 0) is 66.7 Å². The molecule has 0 amide bonds. The number of hydrogen-bond donors (Lipinski definition) is 1. The molecule has 2 nitrogen and oxygen atoms in total. The Kier molecular flexibility index (Phi) is 4.86. The first kappa shape index (κ1) is 14.5. The maximum atomic E-state index is 6.53. The fourth-order valence-electron chi connectivity index (χ4n) is 2.74. The minimum Gasteiger partial charge on any atom is -0.322 e. The van der Waals surface area contributed by atoms with Crippen LogP contribution in [0.4, 0.5) is 0 Å². The van der Waals surface area contributed by atoms with Crippen molar-refractivity contribution in [1.29, 1.82) is 0 Å². The average molecular weight is 331 g/mol. The van der Waals surface area contributed by atoms with Crippen molar-refractivity contribution in [2.45, 2.75) is 51.1 Å². The molecule has 102 valence electrons. The maximum Gasteiger partial charge on any atom is 0.0496 e. The molecule has 1 aliphatic heterocycles. The minimum absolute atomic E-state index is 0.0218. The quantitative estimate of drug-likeness (QED) is 0.901. The number of thiophene rings is 1. The van der Waals surface area contributed by atoms with E-state index < -0.39 is 0 Å². The van der Waals surface area contributed by atoms with Crippen molar-refractivity contribution in [1.82, 2.24) is 4.90 Å².